The summed E-state index contributed by atoms with van der Waals surface area (Å²) in [7, 11) is 0. The highest BCUT2D eigenvalue weighted by molar-refractivity contribution is 6.15. The molecule has 2 aromatic heterocycles. The average Bonchev–Trinajstić information content (AvgIpc) is 3.69. The van der Waals surface area contributed by atoms with Crippen LogP contribution in [0, 0.1) is 0 Å². The number of hydrogen-bond donors (Lipinski definition) is 1. The van der Waals surface area contributed by atoms with Gasteiger partial charge in [-0.3, -0.25) is 0 Å². The van der Waals surface area contributed by atoms with Crippen molar-refractivity contribution < 1.29 is 4.42 Å². The maximum atomic E-state index is 6.62. The minimum atomic E-state index is -0.359. The summed E-state index contributed by atoms with van der Waals surface area (Å²) in [5.74, 6) is 1.49. The van der Waals surface area contributed by atoms with Crippen molar-refractivity contribution in [2.45, 2.75) is 6.17 Å². The van der Waals surface area contributed by atoms with Gasteiger partial charge in [0.2, 0.25) is 0 Å². The third-order valence-electron chi connectivity index (χ3n) is 9.43. The van der Waals surface area contributed by atoms with Gasteiger partial charge in [-0.05, 0) is 47.2 Å². The van der Waals surface area contributed by atoms with E-state index >= 15 is 0 Å². The number of aliphatic imine (C=N–C) groups is 2. The fourth-order valence-electron chi connectivity index (χ4n) is 7.21. The number of amidine groups is 2. The summed E-state index contributed by atoms with van der Waals surface area (Å²) in [6.45, 7) is 0. The van der Waals surface area contributed by atoms with Gasteiger partial charge in [0.15, 0.2) is 5.84 Å². The van der Waals surface area contributed by atoms with Crippen molar-refractivity contribution in [1.82, 2.24) is 9.88 Å². The normalized spacial score (nSPS) is 14.9. The van der Waals surface area contributed by atoms with Crippen LogP contribution in [0.25, 0.3) is 60.2 Å². The van der Waals surface area contributed by atoms with Gasteiger partial charge in [0, 0.05) is 50.0 Å². The molecule has 0 spiro atoms. The predicted molar refractivity (Wildman–Crippen MR) is 197 cm³/mol. The van der Waals surface area contributed by atoms with E-state index in [-0.39, 0.29) is 6.17 Å². The molecule has 9 aromatic rings. The largest absolute Gasteiger partial charge is 0.456 e. The molecule has 0 saturated carbocycles. The van der Waals surface area contributed by atoms with Crippen LogP contribution in [-0.4, -0.2) is 16.2 Å². The molecular weight excluding hydrogens is 589 g/mol. The summed E-state index contributed by atoms with van der Waals surface area (Å²) in [6.07, 6.45) is -0.359. The second-order valence-corrected chi connectivity index (χ2v) is 12.3. The van der Waals surface area contributed by atoms with E-state index in [1.54, 1.807) is 0 Å². The predicted octanol–water partition coefficient (Wildman–Crippen LogP) is 10.3. The fraction of sp³-hybridized carbons (Fsp3) is 0.0233. The van der Waals surface area contributed by atoms with Crippen molar-refractivity contribution in [3.05, 3.63) is 174 Å². The van der Waals surface area contributed by atoms with E-state index in [1.165, 1.54) is 32.6 Å². The summed E-state index contributed by atoms with van der Waals surface area (Å²) in [5, 5.41) is 10.7. The van der Waals surface area contributed by atoms with Gasteiger partial charge in [-0.2, -0.15) is 0 Å². The van der Waals surface area contributed by atoms with Gasteiger partial charge >= 0.3 is 0 Å². The van der Waals surface area contributed by atoms with Crippen LogP contribution in [0.2, 0.25) is 0 Å². The molecule has 1 aliphatic rings. The van der Waals surface area contributed by atoms with Crippen molar-refractivity contribution in [2.75, 3.05) is 0 Å². The maximum Gasteiger partial charge on any atom is 0.159 e. The van der Waals surface area contributed by atoms with Gasteiger partial charge in [0.05, 0.1) is 11.0 Å². The summed E-state index contributed by atoms with van der Waals surface area (Å²) in [4.78, 5) is 10.1. The number of furan rings is 1. The molecular formula is C43H28N4O. The molecule has 1 N–H and O–H groups in total. The van der Waals surface area contributed by atoms with Crippen molar-refractivity contribution in [3.63, 3.8) is 0 Å². The Morgan fingerprint density at radius 3 is 2.10 bits per heavy atom. The molecule has 0 aliphatic carbocycles. The standard InChI is InChI=1S/C43H28N4O/c1-3-12-27(13-4-1)41-44-42(28-14-5-2-6-15-28)46-43(45-41)34-19-11-21-38-40(34)33-23-22-31(26-39(33)48-38)47-36-20-10-9-18-32(36)35-24-29-16-7-8-17-30(29)25-37(35)47/h1-26,43H,(H,44,45,46). The van der Waals surface area contributed by atoms with Crippen LogP contribution in [0.4, 0.5) is 0 Å². The average molecular weight is 617 g/mol. The van der Waals surface area contributed by atoms with Gasteiger partial charge in [-0.25, -0.2) is 9.98 Å². The highest BCUT2D eigenvalue weighted by Crippen LogP contribution is 2.39. The minimum absolute atomic E-state index is 0.359. The van der Waals surface area contributed by atoms with E-state index in [9.17, 15) is 0 Å². The first-order chi connectivity index (χ1) is 23.8. The van der Waals surface area contributed by atoms with E-state index < -0.39 is 0 Å². The number of nitrogens with one attached hydrogen (secondary N) is 1. The molecule has 1 atom stereocenters. The first kappa shape index (κ1) is 26.7. The van der Waals surface area contributed by atoms with Crippen LogP contribution in [-0.2, 0) is 0 Å². The third kappa shape index (κ3) is 4.18. The Balaban J connectivity index is 1.15. The molecule has 5 nitrogen and oxygen atoms in total. The van der Waals surface area contributed by atoms with Crippen molar-refractivity contribution in [3.8, 4) is 5.69 Å². The van der Waals surface area contributed by atoms with Crippen LogP contribution in [0.3, 0.4) is 0 Å². The van der Waals surface area contributed by atoms with E-state index in [0.29, 0.717) is 5.84 Å². The Morgan fingerprint density at radius 2 is 1.27 bits per heavy atom. The summed E-state index contributed by atoms with van der Waals surface area (Å²) in [5.41, 5.74) is 8.09. The molecule has 5 heteroatoms. The number of para-hydroxylation sites is 1. The fourth-order valence-corrected chi connectivity index (χ4v) is 7.21. The Labute approximate surface area is 276 Å². The van der Waals surface area contributed by atoms with Gasteiger partial charge in [0.25, 0.3) is 0 Å². The summed E-state index contributed by atoms with van der Waals surface area (Å²) >= 11 is 0. The first-order valence-electron chi connectivity index (χ1n) is 16.2. The quantitative estimate of drug-likeness (QED) is 0.214. The van der Waals surface area contributed by atoms with E-state index in [1.807, 2.05) is 48.5 Å². The van der Waals surface area contributed by atoms with E-state index in [4.69, 9.17) is 14.4 Å². The minimum Gasteiger partial charge on any atom is -0.456 e. The lowest BCUT2D eigenvalue weighted by Gasteiger charge is -2.24. The van der Waals surface area contributed by atoms with E-state index in [2.05, 4.69) is 119 Å². The van der Waals surface area contributed by atoms with Crippen molar-refractivity contribution in [2.24, 2.45) is 9.98 Å². The monoisotopic (exact) mass is 616 g/mol. The number of aromatic nitrogens is 1. The Bertz CT molecular complexity index is 2750. The summed E-state index contributed by atoms with van der Waals surface area (Å²) in [6, 6.07) is 55.0. The number of benzene rings is 7. The van der Waals surface area contributed by atoms with Crippen LogP contribution in [0.5, 0.6) is 0 Å². The van der Waals surface area contributed by atoms with Crippen LogP contribution in [0.15, 0.2) is 172 Å². The Kier molecular flexibility index (Phi) is 5.87. The molecule has 226 valence electrons. The number of fused-ring (bicyclic) bond motifs is 7. The molecule has 1 aliphatic heterocycles. The van der Waals surface area contributed by atoms with Gasteiger partial charge in [-0.15, -0.1) is 0 Å². The molecule has 0 saturated heterocycles. The smallest absolute Gasteiger partial charge is 0.159 e. The molecule has 1 unspecified atom stereocenters. The molecule has 0 radical (unpaired) electrons. The van der Waals surface area contributed by atoms with Crippen molar-refractivity contribution in [1.29, 1.82) is 0 Å². The molecule has 10 rings (SSSR count). The molecule has 48 heavy (non-hydrogen) atoms. The van der Waals surface area contributed by atoms with Crippen LogP contribution < -0.4 is 5.32 Å². The van der Waals surface area contributed by atoms with Crippen molar-refractivity contribution >= 4 is 66.2 Å². The van der Waals surface area contributed by atoms with Crippen LogP contribution >= 0.6 is 0 Å². The van der Waals surface area contributed by atoms with Gasteiger partial charge in [0.1, 0.15) is 23.2 Å². The lowest BCUT2D eigenvalue weighted by atomic mass is 10.0. The zero-order chi connectivity index (χ0) is 31.6. The number of nitrogens with zero attached hydrogens (tertiary/aromatic N) is 3. The second-order valence-electron chi connectivity index (χ2n) is 12.3. The highest BCUT2D eigenvalue weighted by Gasteiger charge is 2.25. The topological polar surface area (TPSA) is 54.8 Å². The highest BCUT2D eigenvalue weighted by atomic mass is 16.3. The van der Waals surface area contributed by atoms with Gasteiger partial charge < -0.3 is 14.3 Å². The lowest BCUT2D eigenvalue weighted by molar-refractivity contribution is 0.662. The SMILES string of the molecule is c1ccc(C2=NC(c3cccc4oc5cc(-n6c7ccccc7c7cc8ccccc8cc76)ccc5c34)NC(c3ccccc3)=N2)cc1. The Hall–Kier alpha value is -6.46. The number of hydrogen-bond acceptors (Lipinski definition) is 4. The molecule has 7 aromatic carbocycles. The molecule has 0 amide bonds. The van der Waals surface area contributed by atoms with Crippen LogP contribution in [0.1, 0.15) is 22.9 Å². The second kappa shape index (κ2) is 10.5. The first-order valence-corrected chi connectivity index (χ1v) is 16.2. The Morgan fingerprint density at radius 1 is 0.542 bits per heavy atom. The third-order valence-corrected chi connectivity index (χ3v) is 9.43. The summed E-state index contributed by atoms with van der Waals surface area (Å²) < 4.78 is 8.97. The lowest BCUT2D eigenvalue weighted by Crippen LogP contribution is -2.33. The van der Waals surface area contributed by atoms with E-state index in [0.717, 1.165) is 50.2 Å². The zero-order valence-corrected chi connectivity index (χ0v) is 25.8. The molecule has 0 bridgehead atoms. The zero-order valence-electron chi connectivity index (χ0n) is 25.8. The van der Waals surface area contributed by atoms with Gasteiger partial charge in [-0.1, -0.05) is 115 Å². The molecule has 3 heterocycles. The number of rotatable bonds is 4. The molecule has 0 fully saturated rings. The maximum absolute atomic E-state index is 6.62.